The van der Waals surface area contributed by atoms with Crippen LogP contribution in [0.5, 0.6) is 0 Å². The average Bonchev–Trinajstić information content (AvgIpc) is 2.64. The molecule has 0 atom stereocenters. The van der Waals surface area contributed by atoms with Crippen LogP contribution in [0, 0.1) is 5.41 Å². The summed E-state index contributed by atoms with van der Waals surface area (Å²) in [7, 11) is 0. The Morgan fingerprint density at radius 3 is 2.36 bits per heavy atom. The molecule has 0 saturated carbocycles. The summed E-state index contributed by atoms with van der Waals surface area (Å²) in [6.07, 6.45) is 2.44. The lowest BCUT2D eigenvalue weighted by Gasteiger charge is -2.35. The van der Waals surface area contributed by atoms with Crippen LogP contribution in [0.3, 0.4) is 0 Å². The van der Waals surface area contributed by atoms with Crippen molar-refractivity contribution in [2.24, 2.45) is 5.41 Å². The van der Waals surface area contributed by atoms with Gasteiger partial charge in [-0.1, -0.05) is 32.9 Å². The summed E-state index contributed by atoms with van der Waals surface area (Å²) in [6.45, 7) is 10.4. The highest BCUT2D eigenvalue weighted by atomic mass is 32.2. The van der Waals surface area contributed by atoms with Gasteiger partial charge >= 0.3 is 0 Å². The highest BCUT2D eigenvalue weighted by Crippen LogP contribution is 2.31. The Hall–Kier alpha value is -1.98. The molecule has 2 aromatic carbocycles. The van der Waals surface area contributed by atoms with Gasteiger partial charge in [0.1, 0.15) is 0 Å². The maximum Gasteiger partial charge on any atom is 0.255 e. The number of hydrogen-bond donors (Lipinski definition) is 2. The summed E-state index contributed by atoms with van der Waals surface area (Å²) in [5.41, 5.74) is 8.12. The van der Waals surface area contributed by atoms with E-state index in [0.29, 0.717) is 27.6 Å². The molecule has 1 saturated heterocycles. The Kier molecular flexibility index (Phi) is 6.68. The smallest absolute Gasteiger partial charge is 0.255 e. The van der Waals surface area contributed by atoms with E-state index in [1.807, 2.05) is 42.1 Å². The molecule has 3 rings (SSSR count). The molecule has 28 heavy (non-hydrogen) atoms. The van der Waals surface area contributed by atoms with E-state index >= 15 is 0 Å². The van der Waals surface area contributed by atoms with Gasteiger partial charge in [-0.2, -0.15) is 0 Å². The van der Waals surface area contributed by atoms with Crippen LogP contribution >= 0.6 is 11.8 Å². The molecule has 0 bridgehead atoms. The first kappa shape index (κ1) is 20.7. The molecule has 1 aliphatic rings. The summed E-state index contributed by atoms with van der Waals surface area (Å²) in [6, 6.07) is 15.2. The van der Waals surface area contributed by atoms with E-state index in [9.17, 15) is 4.79 Å². The predicted molar refractivity (Wildman–Crippen MR) is 120 cm³/mol. The first-order chi connectivity index (χ1) is 13.3. The van der Waals surface area contributed by atoms with Crippen molar-refractivity contribution in [2.45, 2.75) is 43.8 Å². The Morgan fingerprint density at radius 2 is 1.75 bits per heavy atom. The average molecular weight is 398 g/mol. The molecule has 1 amide bonds. The second-order valence-corrected chi connectivity index (χ2v) is 10.1. The molecule has 4 nitrogen and oxygen atoms in total. The Balaban J connectivity index is 1.51. The lowest BCUT2D eigenvalue weighted by Crippen LogP contribution is -2.39. The maximum atomic E-state index is 12.4. The van der Waals surface area contributed by atoms with E-state index in [4.69, 9.17) is 5.73 Å². The lowest BCUT2D eigenvalue weighted by molar-refractivity contribution is 0.102. The standard InChI is InChI=1S/C23H31N3OS/c1-23(2,3)16-26-14-12-19(13-15-26)28-18-10-8-17(9-11-18)22(27)25-21-7-5-4-6-20(21)24/h4-11,19H,12-16,24H2,1-3H3,(H,25,27). The molecule has 1 fully saturated rings. The molecule has 0 aliphatic carbocycles. The van der Waals surface area contributed by atoms with Crippen molar-refractivity contribution < 1.29 is 4.79 Å². The fourth-order valence-corrected chi connectivity index (χ4v) is 4.66. The number of likely N-dealkylation sites (tertiary alicyclic amines) is 1. The van der Waals surface area contributed by atoms with E-state index in [-0.39, 0.29) is 5.91 Å². The zero-order valence-corrected chi connectivity index (χ0v) is 17.9. The molecule has 5 heteroatoms. The van der Waals surface area contributed by atoms with Gasteiger partial charge in [-0.15, -0.1) is 11.8 Å². The summed E-state index contributed by atoms with van der Waals surface area (Å²) >= 11 is 1.93. The molecule has 2 aromatic rings. The van der Waals surface area contributed by atoms with Crippen molar-refractivity contribution in [3.63, 3.8) is 0 Å². The number of thioether (sulfide) groups is 1. The van der Waals surface area contributed by atoms with E-state index in [0.717, 1.165) is 0 Å². The molecule has 3 N–H and O–H groups in total. The largest absolute Gasteiger partial charge is 0.397 e. The van der Waals surface area contributed by atoms with Crippen LogP contribution in [0.15, 0.2) is 53.4 Å². The Morgan fingerprint density at radius 1 is 1.11 bits per heavy atom. The highest BCUT2D eigenvalue weighted by molar-refractivity contribution is 8.00. The maximum absolute atomic E-state index is 12.4. The minimum atomic E-state index is -0.134. The van der Waals surface area contributed by atoms with Gasteiger partial charge in [0.2, 0.25) is 0 Å². The van der Waals surface area contributed by atoms with Crippen molar-refractivity contribution >= 4 is 29.0 Å². The second-order valence-electron chi connectivity index (χ2n) is 8.72. The van der Waals surface area contributed by atoms with Crippen LogP contribution < -0.4 is 11.1 Å². The number of carbonyl (C=O) groups is 1. The van der Waals surface area contributed by atoms with Crippen LogP contribution in [-0.4, -0.2) is 35.7 Å². The summed E-state index contributed by atoms with van der Waals surface area (Å²) in [4.78, 5) is 16.2. The topological polar surface area (TPSA) is 58.4 Å². The number of para-hydroxylation sites is 2. The quantitative estimate of drug-likeness (QED) is 0.687. The third-order valence-corrected chi connectivity index (χ3v) is 6.21. The van der Waals surface area contributed by atoms with Gasteiger partial charge in [-0.3, -0.25) is 4.79 Å². The van der Waals surface area contributed by atoms with Crippen molar-refractivity contribution in [1.29, 1.82) is 0 Å². The third-order valence-electron chi connectivity index (χ3n) is 4.86. The molecule has 0 unspecified atom stereocenters. The molecule has 1 aliphatic heterocycles. The Bertz CT molecular complexity index is 790. The van der Waals surface area contributed by atoms with Gasteiger partial charge in [-0.25, -0.2) is 0 Å². The van der Waals surface area contributed by atoms with Gasteiger partial charge < -0.3 is 16.0 Å². The van der Waals surface area contributed by atoms with Gasteiger partial charge in [0.05, 0.1) is 11.4 Å². The van der Waals surface area contributed by atoms with E-state index in [1.54, 1.807) is 6.07 Å². The fraction of sp³-hybridized carbons (Fsp3) is 0.435. The van der Waals surface area contributed by atoms with Crippen molar-refractivity contribution in [3.8, 4) is 0 Å². The van der Waals surface area contributed by atoms with Crippen LogP contribution in [-0.2, 0) is 0 Å². The van der Waals surface area contributed by atoms with Gasteiger partial charge in [0, 0.05) is 22.3 Å². The minimum absolute atomic E-state index is 0.134. The van der Waals surface area contributed by atoms with Gasteiger partial charge in [0.15, 0.2) is 0 Å². The molecule has 1 heterocycles. The SMILES string of the molecule is CC(C)(C)CN1CCC(Sc2ccc(C(=O)Nc3ccccc3N)cc2)CC1. The number of nitrogens with one attached hydrogen (secondary N) is 1. The first-order valence-electron chi connectivity index (χ1n) is 9.95. The number of hydrogen-bond acceptors (Lipinski definition) is 4. The zero-order valence-electron chi connectivity index (χ0n) is 17.1. The molecule has 0 aromatic heterocycles. The van der Waals surface area contributed by atoms with Crippen molar-refractivity contribution in [3.05, 3.63) is 54.1 Å². The van der Waals surface area contributed by atoms with E-state index in [1.165, 1.54) is 37.4 Å². The monoisotopic (exact) mass is 397 g/mol. The number of piperidine rings is 1. The van der Waals surface area contributed by atoms with Crippen LogP contribution in [0.2, 0.25) is 0 Å². The fourth-order valence-electron chi connectivity index (χ4n) is 3.54. The predicted octanol–water partition coefficient (Wildman–Crippen LogP) is 5.12. The normalized spacial score (nSPS) is 16.1. The van der Waals surface area contributed by atoms with Crippen molar-refractivity contribution in [1.82, 2.24) is 4.90 Å². The first-order valence-corrected chi connectivity index (χ1v) is 10.8. The van der Waals surface area contributed by atoms with Gasteiger partial charge in [-0.05, 0) is 67.7 Å². The van der Waals surface area contributed by atoms with E-state index < -0.39 is 0 Å². The van der Waals surface area contributed by atoms with E-state index in [2.05, 4.69) is 43.1 Å². The summed E-state index contributed by atoms with van der Waals surface area (Å²) < 4.78 is 0. The number of nitrogens with zero attached hydrogens (tertiary/aromatic N) is 1. The second kappa shape index (κ2) is 9.01. The number of benzene rings is 2. The highest BCUT2D eigenvalue weighted by Gasteiger charge is 2.23. The molecular weight excluding hydrogens is 366 g/mol. The van der Waals surface area contributed by atoms with Crippen LogP contribution in [0.4, 0.5) is 11.4 Å². The summed E-state index contributed by atoms with van der Waals surface area (Å²) in [5, 5.41) is 3.53. The minimum Gasteiger partial charge on any atom is -0.397 e. The zero-order chi connectivity index (χ0) is 20.1. The van der Waals surface area contributed by atoms with Crippen molar-refractivity contribution in [2.75, 3.05) is 30.7 Å². The number of anilines is 2. The van der Waals surface area contributed by atoms with Crippen LogP contribution in [0.1, 0.15) is 44.0 Å². The number of amides is 1. The third kappa shape index (κ3) is 6.01. The molecule has 0 radical (unpaired) electrons. The molecular formula is C23H31N3OS. The lowest BCUT2D eigenvalue weighted by atomic mass is 9.95. The van der Waals surface area contributed by atoms with Crippen LogP contribution in [0.25, 0.3) is 0 Å². The van der Waals surface area contributed by atoms with Gasteiger partial charge in [0.25, 0.3) is 5.91 Å². The molecule has 0 spiro atoms. The number of carbonyl (C=O) groups excluding carboxylic acids is 1. The molecule has 150 valence electrons. The number of nitrogens with two attached hydrogens (primary N) is 1. The summed E-state index contributed by atoms with van der Waals surface area (Å²) in [5.74, 6) is -0.134. The number of rotatable bonds is 5. The number of nitrogen functional groups attached to an aromatic ring is 1. The Labute approximate surface area is 172 Å².